The highest BCUT2D eigenvalue weighted by atomic mass is 32.2. The number of aromatic nitrogens is 1. The van der Waals surface area contributed by atoms with E-state index in [1.165, 1.54) is 18.2 Å². The van der Waals surface area contributed by atoms with Gasteiger partial charge in [-0.25, -0.2) is 4.98 Å². The van der Waals surface area contributed by atoms with E-state index >= 15 is 0 Å². The molecule has 1 fully saturated rings. The van der Waals surface area contributed by atoms with Crippen LogP contribution in [0.25, 0.3) is 11.5 Å². The van der Waals surface area contributed by atoms with Gasteiger partial charge in [-0.1, -0.05) is 29.8 Å². The van der Waals surface area contributed by atoms with Crippen LogP contribution in [0.1, 0.15) is 48.3 Å². The first-order chi connectivity index (χ1) is 17.5. The van der Waals surface area contributed by atoms with E-state index in [1.807, 2.05) is 38.1 Å². The maximum atomic E-state index is 12.6. The Bertz CT molecular complexity index is 1320. The molecule has 0 amide bonds. The molecule has 1 saturated carbocycles. The van der Waals surface area contributed by atoms with Crippen molar-refractivity contribution in [2.24, 2.45) is 0 Å². The molecule has 1 N–H and O–H groups in total. The lowest BCUT2D eigenvalue weighted by Crippen LogP contribution is -2.30. The molecule has 3 aromatic rings. The normalized spacial score (nSPS) is 18.6. The molecule has 1 aliphatic carbocycles. The predicted molar refractivity (Wildman–Crippen MR) is 132 cm³/mol. The van der Waals surface area contributed by atoms with Crippen molar-refractivity contribution in [3.05, 3.63) is 71.1 Å². The van der Waals surface area contributed by atoms with Gasteiger partial charge in [-0.05, 0) is 69.4 Å². The maximum Gasteiger partial charge on any atom is 0.516 e. The summed E-state index contributed by atoms with van der Waals surface area (Å²) in [6.07, 6.45) is 3.18. The van der Waals surface area contributed by atoms with E-state index < -0.39 is 15.5 Å². The second-order valence-electron chi connectivity index (χ2n) is 9.18. The molecule has 0 spiro atoms. The van der Waals surface area contributed by atoms with Gasteiger partial charge in [0.2, 0.25) is 5.89 Å². The number of nitrogens with zero attached hydrogens (tertiary/aromatic N) is 1. The number of ether oxygens (including phenoxy) is 2. The molecular formula is C26H29F3N2O5S. The Balaban J connectivity index is 1.29. The van der Waals surface area contributed by atoms with Crippen LogP contribution in [0.15, 0.2) is 52.9 Å². The van der Waals surface area contributed by atoms with Crippen LogP contribution in [0.2, 0.25) is 0 Å². The van der Waals surface area contributed by atoms with Gasteiger partial charge in [-0.15, -0.1) is 0 Å². The summed E-state index contributed by atoms with van der Waals surface area (Å²) in [6, 6.07) is 13.7. The third kappa shape index (κ3) is 7.12. The van der Waals surface area contributed by atoms with Crippen molar-refractivity contribution < 1.29 is 35.5 Å². The van der Waals surface area contributed by atoms with Crippen molar-refractivity contribution in [1.29, 1.82) is 0 Å². The highest BCUT2D eigenvalue weighted by Gasteiger charge is 2.46. The molecule has 0 saturated heterocycles. The molecule has 37 heavy (non-hydrogen) atoms. The minimum atomic E-state index is -5.48. The molecule has 1 aliphatic rings. The van der Waals surface area contributed by atoms with Crippen LogP contribution in [-0.4, -0.2) is 31.1 Å². The number of alkyl halides is 3. The highest BCUT2D eigenvalue weighted by Crippen LogP contribution is 2.29. The number of oxazole rings is 1. The Kier molecular flexibility index (Phi) is 8.25. The Morgan fingerprint density at radius 2 is 1.73 bits per heavy atom. The number of sulfonamides is 1. The largest absolute Gasteiger partial charge is 0.516 e. The van der Waals surface area contributed by atoms with Crippen LogP contribution in [0.3, 0.4) is 0 Å². The summed E-state index contributed by atoms with van der Waals surface area (Å²) >= 11 is 0. The summed E-state index contributed by atoms with van der Waals surface area (Å²) in [5, 5.41) is 0. The second kappa shape index (κ2) is 11.2. The Morgan fingerprint density at radius 3 is 2.43 bits per heavy atom. The van der Waals surface area contributed by atoms with Crippen LogP contribution >= 0.6 is 0 Å². The number of halogens is 3. The lowest BCUT2D eigenvalue weighted by molar-refractivity contribution is -0.0562. The topological polar surface area (TPSA) is 90.7 Å². The van der Waals surface area contributed by atoms with Gasteiger partial charge >= 0.3 is 15.5 Å². The molecular weight excluding hydrogens is 509 g/mol. The summed E-state index contributed by atoms with van der Waals surface area (Å²) in [4.78, 5) is 4.61. The number of nitrogens with one attached hydrogen (secondary N) is 1. The zero-order chi connectivity index (χ0) is 26.6. The van der Waals surface area contributed by atoms with Gasteiger partial charge in [0.05, 0.1) is 25.4 Å². The van der Waals surface area contributed by atoms with Gasteiger partial charge in [0, 0.05) is 11.3 Å². The molecule has 4 rings (SSSR count). The number of hydrogen-bond acceptors (Lipinski definition) is 6. The van der Waals surface area contributed by atoms with E-state index in [2.05, 4.69) is 4.98 Å². The fourth-order valence-corrected chi connectivity index (χ4v) is 4.77. The molecule has 1 heterocycles. The molecule has 0 radical (unpaired) electrons. The van der Waals surface area contributed by atoms with Gasteiger partial charge in [0.1, 0.15) is 11.5 Å². The molecule has 1 aromatic heterocycles. The van der Waals surface area contributed by atoms with Gasteiger partial charge < -0.3 is 13.9 Å². The van der Waals surface area contributed by atoms with Gasteiger partial charge in [-0.3, -0.25) is 4.72 Å². The number of rotatable bonds is 9. The Morgan fingerprint density at radius 1 is 1.03 bits per heavy atom. The molecule has 0 aliphatic heterocycles. The molecule has 2 atom stereocenters. The molecule has 2 unspecified atom stereocenters. The quantitative estimate of drug-likeness (QED) is 0.346. The standard InChI is InChI=1S/C26H29F3N2O5S/c1-17-6-3-8-20(12-17)25-30-24(18(2)36-25)16-35-23-11-5-10-22(14-23)34-15-19-7-4-9-21(13-19)31-37(32,33)26(27,28)29/h3-4,6-9,12-13,22-23,31H,5,10-11,14-16H2,1-2H3. The van der Waals surface area contributed by atoms with Crippen molar-refractivity contribution in [1.82, 2.24) is 4.98 Å². The number of benzene rings is 2. The molecule has 200 valence electrons. The summed E-state index contributed by atoms with van der Waals surface area (Å²) in [5.41, 5.74) is -2.21. The van der Waals surface area contributed by atoms with Gasteiger partial charge in [-0.2, -0.15) is 21.6 Å². The molecule has 7 nitrogen and oxygen atoms in total. The van der Waals surface area contributed by atoms with Crippen molar-refractivity contribution in [2.45, 2.75) is 70.5 Å². The van der Waals surface area contributed by atoms with Crippen molar-refractivity contribution in [2.75, 3.05) is 4.72 Å². The van der Waals surface area contributed by atoms with Crippen LogP contribution in [-0.2, 0) is 32.7 Å². The lowest BCUT2D eigenvalue weighted by Gasteiger charge is -2.29. The minimum absolute atomic E-state index is 0.0257. The SMILES string of the molecule is Cc1cccc(-c2nc(COC3CCCC(OCc4cccc(NS(=O)(=O)C(F)(F)F)c4)C3)c(C)o2)c1. The third-order valence-corrected chi connectivity index (χ3v) is 7.27. The predicted octanol–water partition coefficient (Wildman–Crippen LogP) is 6.26. The summed E-state index contributed by atoms with van der Waals surface area (Å²) < 4.78 is 80.1. The van der Waals surface area contributed by atoms with E-state index in [0.29, 0.717) is 30.2 Å². The van der Waals surface area contributed by atoms with Crippen molar-refractivity contribution in [3.63, 3.8) is 0 Å². The first-order valence-corrected chi connectivity index (χ1v) is 13.4. The molecule has 0 bridgehead atoms. The van der Waals surface area contributed by atoms with Gasteiger partial charge in [0.25, 0.3) is 0 Å². The summed E-state index contributed by atoms with van der Waals surface area (Å²) in [5.74, 6) is 1.27. The molecule has 11 heteroatoms. The van der Waals surface area contributed by atoms with E-state index in [1.54, 1.807) is 10.8 Å². The highest BCUT2D eigenvalue weighted by molar-refractivity contribution is 7.93. The fourth-order valence-electron chi connectivity index (χ4n) is 4.22. The third-order valence-electron chi connectivity index (χ3n) is 6.16. The van der Waals surface area contributed by atoms with E-state index in [-0.39, 0.29) is 24.5 Å². The number of anilines is 1. The van der Waals surface area contributed by atoms with Crippen LogP contribution < -0.4 is 4.72 Å². The zero-order valence-corrected chi connectivity index (χ0v) is 21.4. The van der Waals surface area contributed by atoms with E-state index in [4.69, 9.17) is 13.9 Å². The number of aryl methyl sites for hydroxylation is 2. The lowest BCUT2D eigenvalue weighted by atomic mass is 9.95. The smallest absolute Gasteiger partial charge is 0.441 e. The van der Waals surface area contributed by atoms with Crippen LogP contribution in [0.4, 0.5) is 18.9 Å². The monoisotopic (exact) mass is 538 g/mol. The zero-order valence-electron chi connectivity index (χ0n) is 20.5. The summed E-state index contributed by atoms with van der Waals surface area (Å²) in [7, 11) is -5.48. The van der Waals surface area contributed by atoms with Crippen molar-refractivity contribution in [3.8, 4) is 11.5 Å². The second-order valence-corrected chi connectivity index (χ2v) is 10.8. The maximum absolute atomic E-state index is 12.6. The average molecular weight is 539 g/mol. The Labute approximate surface area is 214 Å². The average Bonchev–Trinajstić information content (AvgIpc) is 3.21. The minimum Gasteiger partial charge on any atom is -0.441 e. The fraction of sp³-hybridized carbons (Fsp3) is 0.423. The summed E-state index contributed by atoms with van der Waals surface area (Å²) in [6.45, 7) is 4.33. The van der Waals surface area contributed by atoms with Gasteiger partial charge in [0.15, 0.2) is 0 Å². The van der Waals surface area contributed by atoms with Crippen molar-refractivity contribution >= 4 is 15.7 Å². The van der Waals surface area contributed by atoms with Crippen LogP contribution in [0, 0.1) is 13.8 Å². The van der Waals surface area contributed by atoms with E-state index in [9.17, 15) is 21.6 Å². The van der Waals surface area contributed by atoms with E-state index in [0.717, 1.165) is 36.1 Å². The number of hydrogen-bond donors (Lipinski definition) is 1. The molecule has 2 aromatic carbocycles. The van der Waals surface area contributed by atoms with Crippen LogP contribution in [0.5, 0.6) is 0 Å². The first kappa shape index (κ1) is 27.2. The first-order valence-electron chi connectivity index (χ1n) is 11.9. The Hall–Kier alpha value is -2.89.